The van der Waals surface area contributed by atoms with Crippen LogP contribution in [-0.2, 0) is 23.8 Å². The Kier molecular flexibility index (Phi) is 6.55. The molecule has 2 aromatic carbocycles. The first-order chi connectivity index (χ1) is 15.3. The van der Waals surface area contributed by atoms with Gasteiger partial charge in [0.1, 0.15) is 12.4 Å². The van der Waals surface area contributed by atoms with Crippen molar-refractivity contribution in [1.29, 1.82) is 0 Å². The average molecular weight is 445 g/mol. The Labute approximate surface area is 185 Å². The summed E-state index contributed by atoms with van der Waals surface area (Å²) >= 11 is 0. The zero-order chi connectivity index (χ0) is 22.7. The van der Waals surface area contributed by atoms with Gasteiger partial charge in [0.15, 0.2) is 0 Å². The van der Waals surface area contributed by atoms with Gasteiger partial charge in [0.05, 0.1) is 11.5 Å². The van der Waals surface area contributed by atoms with Gasteiger partial charge < -0.3 is 14.7 Å². The lowest BCUT2D eigenvalue weighted by Gasteiger charge is -2.19. The second-order valence-electron chi connectivity index (χ2n) is 8.47. The molecule has 1 N–H and O–H groups in total. The van der Waals surface area contributed by atoms with Gasteiger partial charge in [0.2, 0.25) is 0 Å². The van der Waals surface area contributed by atoms with Gasteiger partial charge in [0.25, 0.3) is 0 Å². The monoisotopic (exact) mass is 445 g/mol. The fourth-order valence-electron chi connectivity index (χ4n) is 4.30. The van der Waals surface area contributed by atoms with E-state index in [4.69, 9.17) is 9.84 Å². The van der Waals surface area contributed by atoms with Gasteiger partial charge in [-0.2, -0.15) is 13.2 Å². The SMILES string of the molecule is O=C(O)[C@@H]1C[C@H]1CN1CCc2cccc(OC/C=C/c3ccc(C(F)(F)F)cc3)c2CC1. The van der Waals surface area contributed by atoms with Crippen LogP contribution in [0.4, 0.5) is 13.2 Å². The van der Waals surface area contributed by atoms with Gasteiger partial charge in [-0.15, -0.1) is 0 Å². The molecule has 1 saturated carbocycles. The molecule has 0 unspecified atom stereocenters. The quantitative estimate of drug-likeness (QED) is 0.657. The van der Waals surface area contributed by atoms with Crippen LogP contribution in [0.2, 0.25) is 0 Å². The third-order valence-corrected chi connectivity index (χ3v) is 6.22. The molecule has 170 valence electrons. The van der Waals surface area contributed by atoms with Crippen molar-refractivity contribution in [2.75, 3.05) is 26.2 Å². The minimum Gasteiger partial charge on any atom is -0.489 e. The Bertz CT molecular complexity index is 985. The normalized spacial score (nSPS) is 21.2. The van der Waals surface area contributed by atoms with Crippen molar-refractivity contribution in [2.45, 2.75) is 25.4 Å². The number of alkyl halides is 3. The first-order valence-electron chi connectivity index (χ1n) is 10.8. The Morgan fingerprint density at radius 1 is 1.12 bits per heavy atom. The number of hydrogen-bond donors (Lipinski definition) is 1. The van der Waals surface area contributed by atoms with Crippen molar-refractivity contribution in [3.8, 4) is 5.75 Å². The minimum atomic E-state index is -4.33. The number of carboxylic acid groups (broad SMARTS) is 1. The van der Waals surface area contributed by atoms with Crippen molar-refractivity contribution >= 4 is 12.0 Å². The lowest BCUT2D eigenvalue weighted by Crippen LogP contribution is -2.29. The summed E-state index contributed by atoms with van der Waals surface area (Å²) in [4.78, 5) is 13.4. The number of halogens is 3. The van der Waals surface area contributed by atoms with E-state index in [0.717, 1.165) is 56.8 Å². The largest absolute Gasteiger partial charge is 0.489 e. The maximum Gasteiger partial charge on any atom is 0.416 e. The van der Waals surface area contributed by atoms with Gasteiger partial charge in [-0.3, -0.25) is 4.79 Å². The van der Waals surface area contributed by atoms with Crippen LogP contribution in [-0.4, -0.2) is 42.2 Å². The third-order valence-electron chi connectivity index (χ3n) is 6.22. The number of aliphatic carboxylic acids is 1. The number of rotatable bonds is 7. The number of carboxylic acids is 1. The summed E-state index contributed by atoms with van der Waals surface area (Å²) in [5.74, 6) is 0.222. The van der Waals surface area contributed by atoms with E-state index in [9.17, 15) is 18.0 Å². The molecule has 2 atom stereocenters. The predicted molar refractivity (Wildman–Crippen MR) is 115 cm³/mol. The zero-order valence-electron chi connectivity index (χ0n) is 17.6. The maximum absolute atomic E-state index is 12.7. The molecule has 0 saturated heterocycles. The van der Waals surface area contributed by atoms with Crippen LogP contribution in [0.25, 0.3) is 6.08 Å². The van der Waals surface area contributed by atoms with Crippen LogP contribution in [0, 0.1) is 11.8 Å². The van der Waals surface area contributed by atoms with E-state index in [1.165, 1.54) is 23.3 Å². The molecule has 4 rings (SSSR count). The van der Waals surface area contributed by atoms with Gasteiger partial charge in [-0.25, -0.2) is 0 Å². The molecule has 0 radical (unpaired) electrons. The molecular weight excluding hydrogens is 419 g/mol. The number of benzene rings is 2. The Balaban J connectivity index is 1.32. The van der Waals surface area contributed by atoms with Crippen LogP contribution in [0.3, 0.4) is 0 Å². The van der Waals surface area contributed by atoms with Crippen LogP contribution in [0.15, 0.2) is 48.5 Å². The van der Waals surface area contributed by atoms with E-state index in [1.54, 1.807) is 12.2 Å². The molecule has 32 heavy (non-hydrogen) atoms. The Hall–Kier alpha value is -2.80. The van der Waals surface area contributed by atoms with E-state index in [1.807, 2.05) is 12.1 Å². The summed E-state index contributed by atoms with van der Waals surface area (Å²) in [6.45, 7) is 2.94. The lowest BCUT2D eigenvalue weighted by atomic mass is 10.0. The topological polar surface area (TPSA) is 49.8 Å². The van der Waals surface area contributed by atoms with E-state index in [0.29, 0.717) is 12.2 Å². The molecule has 2 aromatic rings. The molecule has 0 amide bonds. The summed E-state index contributed by atoms with van der Waals surface area (Å²) in [6, 6.07) is 11.1. The molecule has 1 aliphatic carbocycles. The molecule has 0 bridgehead atoms. The number of ether oxygens (including phenoxy) is 1. The fourth-order valence-corrected chi connectivity index (χ4v) is 4.30. The number of carbonyl (C=O) groups is 1. The standard InChI is InChI=1S/C25H26F3NO3/c26-25(27,28)20-8-6-17(7-9-20)3-2-14-32-23-5-1-4-18-10-12-29(13-11-21(18)23)16-19-15-22(19)24(30)31/h1-9,19,22H,10-16H2,(H,30,31)/b3-2+/t19-,22+/m0/s1. The molecule has 4 nitrogen and oxygen atoms in total. The highest BCUT2D eigenvalue weighted by Gasteiger charge is 2.43. The van der Waals surface area contributed by atoms with Crippen LogP contribution < -0.4 is 4.74 Å². The molecule has 7 heteroatoms. The van der Waals surface area contributed by atoms with Crippen molar-refractivity contribution in [3.63, 3.8) is 0 Å². The molecule has 0 spiro atoms. The molecule has 1 heterocycles. The number of fused-ring (bicyclic) bond motifs is 1. The highest BCUT2D eigenvalue weighted by molar-refractivity contribution is 5.73. The van der Waals surface area contributed by atoms with E-state index in [-0.39, 0.29) is 11.8 Å². The smallest absolute Gasteiger partial charge is 0.416 e. The molecular formula is C25H26F3NO3. The summed E-state index contributed by atoms with van der Waals surface area (Å²) in [5, 5.41) is 9.12. The van der Waals surface area contributed by atoms with Crippen molar-refractivity contribution in [2.24, 2.45) is 11.8 Å². The van der Waals surface area contributed by atoms with Crippen molar-refractivity contribution in [3.05, 3.63) is 70.8 Å². The van der Waals surface area contributed by atoms with Gasteiger partial charge in [0, 0.05) is 19.6 Å². The maximum atomic E-state index is 12.7. The van der Waals surface area contributed by atoms with Crippen LogP contribution >= 0.6 is 0 Å². The lowest BCUT2D eigenvalue weighted by molar-refractivity contribution is -0.139. The first-order valence-corrected chi connectivity index (χ1v) is 10.8. The van der Waals surface area contributed by atoms with Gasteiger partial charge in [-0.1, -0.05) is 30.3 Å². The molecule has 1 aliphatic heterocycles. The molecule has 1 fully saturated rings. The summed E-state index contributed by atoms with van der Waals surface area (Å²) in [5.41, 5.74) is 2.46. The first kappa shape index (κ1) is 22.4. The highest BCUT2D eigenvalue weighted by atomic mass is 19.4. The molecule has 0 aromatic heterocycles. The second-order valence-corrected chi connectivity index (χ2v) is 8.47. The number of hydrogen-bond acceptors (Lipinski definition) is 3. The Morgan fingerprint density at radius 2 is 1.88 bits per heavy atom. The van der Waals surface area contributed by atoms with Crippen LogP contribution in [0.5, 0.6) is 5.75 Å². The summed E-state index contributed by atoms with van der Waals surface area (Å²) in [6.07, 6.45) is 1.74. The van der Waals surface area contributed by atoms with Gasteiger partial charge >= 0.3 is 12.1 Å². The van der Waals surface area contributed by atoms with Gasteiger partial charge in [-0.05, 0) is 66.1 Å². The van der Waals surface area contributed by atoms with Crippen molar-refractivity contribution < 1.29 is 27.8 Å². The second kappa shape index (κ2) is 9.36. The van der Waals surface area contributed by atoms with Crippen LogP contribution in [0.1, 0.15) is 28.7 Å². The third kappa shape index (κ3) is 5.51. The average Bonchev–Trinajstić information content (AvgIpc) is 3.55. The summed E-state index contributed by atoms with van der Waals surface area (Å²) < 4.78 is 43.9. The van der Waals surface area contributed by atoms with E-state index >= 15 is 0 Å². The van der Waals surface area contributed by atoms with Crippen molar-refractivity contribution in [1.82, 2.24) is 4.90 Å². The Morgan fingerprint density at radius 3 is 2.56 bits per heavy atom. The summed E-state index contributed by atoms with van der Waals surface area (Å²) in [7, 11) is 0. The van der Waals surface area contributed by atoms with E-state index < -0.39 is 17.7 Å². The number of nitrogens with zero attached hydrogens (tertiary/aromatic N) is 1. The van der Waals surface area contributed by atoms with E-state index in [2.05, 4.69) is 11.0 Å². The minimum absolute atomic E-state index is 0.184. The zero-order valence-corrected chi connectivity index (χ0v) is 17.6. The highest BCUT2D eigenvalue weighted by Crippen LogP contribution is 2.39. The molecule has 2 aliphatic rings. The fraction of sp³-hybridized carbons (Fsp3) is 0.400. The predicted octanol–water partition coefficient (Wildman–Crippen LogP) is 4.92.